The van der Waals surface area contributed by atoms with Crippen LogP contribution in [-0.2, 0) is 16.0 Å². The molecule has 0 spiro atoms. The van der Waals surface area contributed by atoms with Crippen LogP contribution in [0.5, 0.6) is 0 Å². The van der Waals surface area contributed by atoms with Crippen molar-refractivity contribution in [2.24, 2.45) is 11.8 Å². The standard InChI is InChI=1S/C14H18O3/c1-17-14(16)12-8-7-11(13(12)15)9-10-5-3-2-4-6-10/h2-6,11-13,15H,7-9H2,1H3/t11-,12-,13+/m1/s1. The molecule has 0 radical (unpaired) electrons. The maximum absolute atomic E-state index is 11.4. The van der Waals surface area contributed by atoms with E-state index in [0.29, 0.717) is 0 Å². The first-order valence-electron chi connectivity index (χ1n) is 6.02. The smallest absolute Gasteiger partial charge is 0.311 e. The minimum absolute atomic E-state index is 0.168. The molecule has 1 N–H and O–H groups in total. The van der Waals surface area contributed by atoms with Gasteiger partial charge in [-0.3, -0.25) is 4.79 Å². The van der Waals surface area contributed by atoms with Crippen LogP contribution in [0.15, 0.2) is 30.3 Å². The number of benzene rings is 1. The zero-order valence-electron chi connectivity index (χ0n) is 10.0. The molecular weight excluding hydrogens is 216 g/mol. The van der Waals surface area contributed by atoms with Gasteiger partial charge in [-0.05, 0) is 30.7 Å². The molecule has 17 heavy (non-hydrogen) atoms. The van der Waals surface area contributed by atoms with Crippen LogP contribution in [0.1, 0.15) is 18.4 Å². The van der Waals surface area contributed by atoms with Crippen LogP contribution in [0.25, 0.3) is 0 Å². The average Bonchev–Trinajstić information content (AvgIpc) is 2.72. The summed E-state index contributed by atoms with van der Waals surface area (Å²) in [5, 5.41) is 10.1. The monoisotopic (exact) mass is 234 g/mol. The molecule has 1 aromatic carbocycles. The van der Waals surface area contributed by atoms with Crippen LogP contribution in [0.4, 0.5) is 0 Å². The zero-order valence-corrected chi connectivity index (χ0v) is 10.0. The number of esters is 1. The van der Waals surface area contributed by atoms with E-state index in [1.807, 2.05) is 18.2 Å². The SMILES string of the molecule is COC(=O)[C@@H]1CC[C@H](Cc2ccccc2)[C@@H]1O. The van der Waals surface area contributed by atoms with Crippen LogP contribution < -0.4 is 0 Å². The van der Waals surface area contributed by atoms with Crippen molar-refractivity contribution < 1.29 is 14.6 Å². The molecule has 3 heteroatoms. The van der Waals surface area contributed by atoms with E-state index >= 15 is 0 Å². The molecule has 0 heterocycles. The Morgan fingerprint density at radius 2 is 2.06 bits per heavy atom. The van der Waals surface area contributed by atoms with Crippen molar-refractivity contribution in [2.75, 3.05) is 7.11 Å². The van der Waals surface area contributed by atoms with E-state index in [4.69, 9.17) is 4.74 Å². The summed E-state index contributed by atoms with van der Waals surface area (Å²) in [6.07, 6.45) is 1.87. The number of rotatable bonds is 3. The quantitative estimate of drug-likeness (QED) is 0.811. The maximum Gasteiger partial charge on any atom is 0.311 e. The predicted molar refractivity (Wildman–Crippen MR) is 64.4 cm³/mol. The van der Waals surface area contributed by atoms with E-state index < -0.39 is 6.10 Å². The molecule has 1 fully saturated rings. The molecule has 1 aliphatic carbocycles. The normalized spacial score (nSPS) is 28.0. The largest absolute Gasteiger partial charge is 0.469 e. The summed E-state index contributed by atoms with van der Waals surface area (Å²) >= 11 is 0. The highest BCUT2D eigenvalue weighted by Gasteiger charge is 2.39. The summed E-state index contributed by atoms with van der Waals surface area (Å²) in [5.41, 5.74) is 1.21. The summed E-state index contributed by atoms with van der Waals surface area (Å²) < 4.78 is 4.70. The fraction of sp³-hybridized carbons (Fsp3) is 0.500. The molecular formula is C14H18O3. The van der Waals surface area contributed by atoms with Gasteiger partial charge in [-0.2, -0.15) is 0 Å². The summed E-state index contributed by atoms with van der Waals surface area (Å²) in [6, 6.07) is 10.1. The first-order chi connectivity index (χ1) is 8.22. The highest BCUT2D eigenvalue weighted by Crippen LogP contribution is 2.34. The third kappa shape index (κ3) is 2.67. The van der Waals surface area contributed by atoms with Gasteiger partial charge in [0.15, 0.2) is 0 Å². The highest BCUT2D eigenvalue weighted by molar-refractivity contribution is 5.73. The Kier molecular flexibility index (Phi) is 3.79. The molecule has 3 atom stereocenters. The Morgan fingerprint density at radius 3 is 2.71 bits per heavy atom. The molecule has 2 rings (SSSR count). The topological polar surface area (TPSA) is 46.5 Å². The third-order valence-corrected chi connectivity index (χ3v) is 3.59. The van der Waals surface area contributed by atoms with Gasteiger partial charge in [-0.15, -0.1) is 0 Å². The van der Waals surface area contributed by atoms with Crippen molar-refractivity contribution in [1.82, 2.24) is 0 Å². The lowest BCUT2D eigenvalue weighted by atomic mass is 9.94. The fourth-order valence-electron chi connectivity index (χ4n) is 2.61. The van der Waals surface area contributed by atoms with Crippen molar-refractivity contribution >= 4 is 5.97 Å². The molecule has 3 nitrogen and oxygen atoms in total. The second-order valence-corrected chi connectivity index (χ2v) is 4.65. The Morgan fingerprint density at radius 1 is 1.35 bits per heavy atom. The third-order valence-electron chi connectivity index (χ3n) is 3.59. The summed E-state index contributed by atoms with van der Waals surface area (Å²) in [5.74, 6) is -0.455. The van der Waals surface area contributed by atoms with E-state index in [9.17, 15) is 9.90 Å². The number of aliphatic hydroxyl groups is 1. The molecule has 1 aromatic rings. The summed E-state index contributed by atoms with van der Waals surface area (Å²) in [7, 11) is 1.37. The Bertz CT molecular complexity index is 374. The number of carbonyl (C=O) groups excluding carboxylic acids is 1. The van der Waals surface area contributed by atoms with E-state index in [1.165, 1.54) is 12.7 Å². The number of aliphatic hydroxyl groups excluding tert-OH is 1. The van der Waals surface area contributed by atoms with Gasteiger partial charge in [0.2, 0.25) is 0 Å². The summed E-state index contributed by atoms with van der Waals surface area (Å²) in [6.45, 7) is 0. The number of ether oxygens (including phenoxy) is 1. The van der Waals surface area contributed by atoms with Gasteiger partial charge in [-0.25, -0.2) is 0 Å². The Hall–Kier alpha value is -1.35. The average molecular weight is 234 g/mol. The first kappa shape index (κ1) is 12.1. The Labute approximate surface area is 101 Å². The molecule has 0 amide bonds. The van der Waals surface area contributed by atoms with E-state index in [-0.39, 0.29) is 17.8 Å². The summed E-state index contributed by atoms with van der Waals surface area (Å²) in [4.78, 5) is 11.4. The predicted octanol–water partition coefficient (Wildman–Crippen LogP) is 1.79. The molecule has 1 saturated carbocycles. The first-order valence-corrected chi connectivity index (χ1v) is 6.02. The zero-order chi connectivity index (χ0) is 12.3. The van der Waals surface area contributed by atoms with Crippen molar-refractivity contribution in [3.8, 4) is 0 Å². The van der Waals surface area contributed by atoms with E-state index in [1.54, 1.807) is 0 Å². The molecule has 1 aliphatic rings. The molecule has 0 aromatic heterocycles. The van der Waals surface area contributed by atoms with Gasteiger partial charge < -0.3 is 9.84 Å². The van der Waals surface area contributed by atoms with Gasteiger partial charge in [0.1, 0.15) is 0 Å². The number of hydrogen-bond donors (Lipinski definition) is 1. The molecule has 0 aliphatic heterocycles. The van der Waals surface area contributed by atoms with Crippen molar-refractivity contribution in [1.29, 1.82) is 0 Å². The molecule has 0 unspecified atom stereocenters. The molecule has 0 saturated heterocycles. The van der Waals surface area contributed by atoms with Gasteiger partial charge >= 0.3 is 5.97 Å². The van der Waals surface area contributed by atoms with Gasteiger partial charge in [0, 0.05) is 0 Å². The highest BCUT2D eigenvalue weighted by atomic mass is 16.5. The number of hydrogen-bond acceptors (Lipinski definition) is 3. The van der Waals surface area contributed by atoms with Crippen molar-refractivity contribution in [3.63, 3.8) is 0 Å². The second kappa shape index (κ2) is 5.32. The minimum atomic E-state index is -0.567. The fourth-order valence-corrected chi connectivity index (χ4v) is 2.61. The lowest BCUT2D eigenvalue weighted by molar-refractivity contribution is -0.148. The molecule has 92 valence electrons. The number of carbonyl (C=O) groups is 1. The lowest BCUT2D eigenvalue weighted by Crippen LogP contribution is -2.29. The Balaban J connectivity index is 1.98. The number of methoxy groups -OCH3 is 1. The molecule has 0 bridgehead atoms. The minimum Gasteiger partial charge on any atom is -0.469 e. The van der Waals surface area contributed by atoms with Crippen LogP contribution >= 0.6 is 0 Å². The van der Waals surface area contributed by atoms with Crippen molar-refractivity contribution in [3.05, 3.63) is 35.9 Å². The van der Waals surface area contributed by atoms with E-state index in [0.717, 1.165) is 19.3 Å². The van der Waals surface area contributed by atoms with Crippen LogP contribution in [-0.4, -0.2) is 24.3 Å². The van der Waals surface area contributed by atoms with Gasteiger partial charge in [0.05, 0.1) is 19.1 Å². The van der Waals surface area contributed by atoms with Crippen LogP contribution in [0.3, 0.4) is 0 Å². The second-order valence-electron chi connectivity index (χ2n) is 4.65. The maximum atomic E-state index is 11.4. The van der Waals surface area contributed by atoms with Gasteiger partial charge in [0.25, 0.3) is 0 Å². The van der Waals surface area contributed by atoms with Gasteiger partial charge in [-0.1, -0.05) is 30.3 Å². The van der Waals surface area contributed by atoms with Crippen LogP contribution in [0.2, 0.25) is 0 Å². The van der Waals surface area contributed by atoms with Crippen molar-refractivity contribution in [2.45, 2.75) is 25.4 Å². The van der Waals surface area contributed by atoms with E-state index in [2.05, 4.69) is 12.1 Å². The lowest BCUT2D eigenvalue weighted by Gasteiger charge is -2.18. The van der Waals surface area contributed by atoms with Crippen LogP contribution in [0, 0.1) is 11.8 Å².